The molecule has 2 N–H and O–H groups in total. The molecule has 5 nitrogen and oxygen atoms in total. The minimum atomic E-state index is 0.405. The number of ether oxygens (including phenoxy) is 1. The van der Waals surface area contributed by atoms with Gasteiger partial charge in [0.25, 0.3) is 0 Å². The molecule has 0 aliphatic carbocycles. The maximum absolute atomic E-state index is 5.28. The van der Waals surface area contributed by atoms with Gasteiger partial charge in [0, 0.05) is 18.8 Å². The number of anilines is 2. The van der Waals surface area contributed by atoms with Gasteiger partial charge in [-0.15, -0.1) is 0 Å². The minimum Gasteiger partial charge on any atom is -0.495 e. The smallest absolute Gasteiger partial charge is 0.191 e. The lowest BCUT2D eigenvalue weighted by molar-refractivity contribution is 0.417. The van der Waals surface area contributed by atoms with Crippen LogP contribution in [0.3, 0.4) is 0 Å². The molecule has 0 fully saturated rings. The number of methoxy groups -OCH3 is 1. The first-order chi connectivity index (χ1) is 12.7. The molecule has 2 aromatic carbocycles. The molecule has 0 aliphatic rings. The van der Waals surface area contributed by atoms with E-state index in [1.165, 1.54) is 5.69 Å². The summed E-state index contributed by atoms with van der Waals surface area (Å²) >= 11 is 5.26. The Bertz CT molecular complexity index is 731. The van der Waals surface area contributed by atoms with Crippen molar-refractivity contribution >= 4 is 34.9 Å². The Morgan fingerprint density at radius 2 is 1.88 bits per heavy atom. The lowest BCUT2D eigenvalue weighted by Crippen LogP contribution is -2.24. The molecule has 26 heavy (non-hydrogen) atoms. The van der Waals surface area contributed by atoms with Crippen molar-refractivity contribution in [3.63, 3.8) is 0 Å². The summed E-state index contributed by atoms with van der Waals surface area (Å²) in [4.78, 5) is 2.35. The Labute approximate surface area is 161 Å². The van der Waals surface area contributed by atoms with Crippen molar-refractivity contribution in [2.24, 2.45) is 5.10 Å². The van der Waals surface area contributed by atoms with Gasteiger partial charge < -0.3 is 15.0 Å². The Hall–Kier alpha value is -2.60. The van der Waals surface area contributed by atoms with Gasteiger partial charge in [0.05, 0.1) is 19.0 Å². The van der Waals surface area contributed by atoms with Crippen LogP contribution >= 0.6 is 12.2 Å². The van der Waals surface area contributed by atoms with E-state index in [2.05, 4.69) is 58.9 Å². The third kappa shape index (κ3) is 5.74. The van der Waals surface area contributed by atoms with Crippen molar-refractivity contribution in [3.8, 4) is 5.75 Å². The second-order valence-electron chi connectivity index (χ2n) is 5.70. The van der Waals surface area contributed by atoms with Gasteiger partial charge in [-0.1, -0.05) is 31.2 Å². The highest BCUT2D eigenvalue weighted by molar-refractivity contribution is 7.80. The Kier molecular flexibility index (Phi) is 7.89. The zero-order valence-electron chi connectivity index (χ0n) is 15.5. The van der Waals surface area contributed by atoms with E-state index in [1.807, 2.05) is 24.3 Å². The Morgan fingerprint density at radius 3 is 2.54 bits per heavy atom. The molecule has 0 saturated heterocycles. The van der Waals surface area contributed by atoms with Gasteiger partial charge in [-0.2, -0.15) is 5.10 Å². The summed E-state index contributed by atoms with van der Waals surface area (Å²) in [5.74, 6) is 0.726. The van der Waals surface area contributed by atoms with E-state index in [0.717, 1.165) is 36.5 Å². The van der Waals surface area contributed by atoms with E-state index in [1.54, 1.807) is 13.3 Å². The maximum Gasteiger partial charge on any atom is 0.191 e. The predicted molar refractivity (Wildman–Crippen MR) is 115 cm³/mol. The Balaban J connectivity index is 1.90. The quantitative estimate of drug-likeness (QED) is 0.413. The van der Waals surface area contributed by atoms with Crippen molar-refractivity contribution in [2.75, 3.05) is 30.4 Å². The van der Waals surface area contributed by atoms with E-state index < -0.39 is 0 Å². The number of hydrogen-bond acceptors (Lipinski definition) is 4. The molecule has 138 valence electrons. The molecule has 6 heteroatoms. The number of benzene rings is 2. The fraction of sp³-hybridized carbons (Fsp3) is 0.300. The molecule has 0 unspecified atom stereocenters. The van der Waals surface area contributed by atoms with Crippen LogP contribution in [0, 0.1) is 0 Å². The summed E-state index contributed by atoms with van der Waals surface area (Å²) in [7, 11) is 1.62. The van der Waals surface area contributed by atoms with Gasteiger partial charge in [-0.3, -0.25) is 5.43 Å². The molecule has 0 aliphatic heterocycles. The summed E-state index contributed by atoms with van der Waals surface area (Å²) in [5, 5.41) is 7.66. The van der Waals surface area contributed by atoms with Crippen molar-refractivity contribution < 1.29 is 4.74 Å². The van der Waals surface area contributed by atoms with Crippen molar-refractivity contribution in [1.29, 1.82) is 0 Å². The molecule has 0 saturated carbocycles. The molecule has 0 atom stereocenters. The van der Waals surface area contributed by atoms with Crippen LogP contribution in [0.1, 0.15) is 25.8 Å². The number of hydrazone groups is 1. The first kappa shape index (κ1) is 19.7. The first-order valence-corrected chi connectivity index (χ1v) is 9.16. The van der Waals surface area contributed by atoms with Gasteiger partial charge >= 0.3 is 0 Å². The van der Waals surface area contributed by atoms with Gasteiger partial charge in [-0.25, -0.2) is 0 Å². The van der Waals surface area contributed by atoms with Crippen LogP contribution in [0.25, 0.3) is 0 Å². The highest BCUT2D eigenvalue weighted by atomic mass is 32.1. The molecule has 0 bridgehead atoms. The normalized spacial score (nSPS) is 10.6. The maximum atomic E-state index is 5.28. The van der Waals surface area contributed by atoms with Crippen LogP contribution in [-0.2, 0) is 0 Å². The van der Waals surface area contributed by atoms with Crippen LogP contribution in [-0.4, -0.2) is 31.5 Å². The Morgan fingerprint density at radius 1 is 1.15 bits per heavy atom. The van der Waals surface area contributed by atoms with Crippen LogP contribution < -0.4 is 20.4 Å². The van der Waals surface area contributed by atoms with Crippen LogP contribution in [0.2, 0.25) is 0 Å². The second-order valence-corrected chi connectivity index (χ2v) is 6.10. The minimum absolute atomic E-state index is 0.405. The number of thiocarbonyl (C=S) groups is 1. The number of nitrogens with one attached hydrogen (secondary N) is 2. The van der Waals surface area contributed by atoms with Gasteiger partial charge in [-0.05, 0) is 55.4 Å². The molecular formula is C20H26N4OS. The lowest BCUT2D eigenvalue weighted by atomic mass is 10.2. The average Bonchev–Trinajstić information content (AvgIpc) is 2.67. The zero-order chi connectivity index (χ0) is 18.8. The van der Waals surface area contributed by atoms with E-state index in [9.17, 15) is 0 Å². The van der Waals surface area contributed by atoms with E-state index in [4.69, 9.17) is 17.0 Å². The molecule has 0 amide bonds. The number of hydrogen-bond donors (Lipinski definition) is 2. The largest absolute Gasteiger partial charge is 0.495 e. The predicted octanol–water partition coefficient (Wildman–Crippen LogP) is 4.25. The van der Waals surface area contributed by atoms with E-state index in [-0.39, 0.29) is 0 Å². The molecule has 0 radical (unpaired) electrons. The molecule has 2 aromatic rings. The van der Waals surface area contributed by atoms with Gasteiger partial charge in [0.2, 0.25) is 0 Å². The zero-order valence-corrected chi connectivity index (χ0v) is 16.3. The highest BCUT2D eigenvalue weighted by Crippen LogP contribution is 2.22. The van der Waals surface area contributed by atoms with Crippen molar-refractivity contribution in [2.45, 2.75) is 20.3 Å². The van der Waals surface area contributed by atoms with Crippen LogP contribution in [0.15, 0.2) is 53.6 Å². The number of rotatable bonds is 8. The summed E-state index contributed by atoms with van der Waals surface area (Å²) in [6.07, 6.45) is 2.88. The average molecular weight is 371 g/mol. The first-order valence-electron chi connectivity index (χ1n) is 8.76. The van der Waals surface area contributed by atoms with Crippen LogP contribution in [0.4, 0.5) is 11.4 Å². The fourth-order valence-corrected chi connectivity index (χ4v) is 2.74. The summed E-state index contributed by atoms with van der Waals surface area (Å²) < 4.78 is 5.28. The van der Waals surface area contributed by atoms with Crippen LogP contribution in [0.5, 0.6) is 5.75 Å². The van der Waals surface area contributed by atoms with E-state index >= 15 is 0 Å². The molecule has 2 rings (SSSR count). The van der Waals surface area contributed by atoms with Crippen molar-refractivity contribution in [1.82, 2.24) is 5.43 Å². The third-order valence-corrected chi connectivity index (χ3v) is 4.06. The highest BCUT2D eigenvalue weighted by Gasteiger charge is 2.03. The molecule has 0 heterocycles. The number of nitrogens with zero attached hydrogens (tertiary/aromatic N) is 2. The third-order valence-electron chi connectivity index (χ3n) is 3.87. The summed E-state index contributed by atoms with van der Waals surface area (Å²) in [6, 6.07) is 15.9. The SMILES string of the molecule is CCCN(CC)c1ccc(/C=N\NC(=S)Nc2ccccc2OC)cc1. The topological polar surface area (TPSA) is 48.9 Å². The monoisotopic (exact) mass is 370 g/mol. The molecule has 0 spiro atoms. The molecular weight excluding hydrogens is 344 g/mol. The molecule has 0 aromatic heterocycles. The van der Waals surface area contributed by atoms with E-state index in [0.29, 0.717) is 5.11 Å². The summed E-state index contributed by atoms with van der Waals surface area (Å²) in [6.45, 7) is 6.43. The van der Waals surface area contributed by atoms with Gasteiger partial charge in [0.1, 0.15) is 5.75 Å². The number of para-hydroxylation sites is 2. The lowest BCUT2D eigenvalue weighted by Gasteiger charge is -2.22. The standard InChI is InChI=1S/C20H26N4OS/c1-4-14-24(5-2)17-12-10-16(11-13-17)15-21-23-20(26)22-18-8-6-7-9-19(18)25-3/h6-13,15H,4-5,14H2,1-3H3,(H2,22,23,26)/b21-15-. The van der Waals surface area contributed by atoms with Gasteiger partial charge in [0.15, 0.2) is 5.11 Å². The summed E-state index contributed by atoms with van der Waals surface area (Å²) in [5.41, 5.74) is 5.86. The van der Waals surface area contributed by atoms with Crippen molar-refractivity contribution in [3.05, 3.63) is 54.1 Å². The second kappa shape index (κ2) is 10.4. The fourth-order valence-electron chi connectivity index (χ4n) is 2.57.